The highest BCUT2D eigenvalue weighted by Crippen LogP contribution is 2.01. The van der Waals surface area contributed by atoms with Gasteiger partial charge in [-0.3, -0.25) is 0 Å². The highest BCUT2D eigenvalue weighted by molar-refractivity contribution is 6.83. The van der Waals surface area contributed by atoms with Gasteiger partial charge in [0.2, 0.25) is 6.85 Å². The van der Waals surface area contributed by atoms with Crippen molar-refractivity contribution in [2.45, 2.75) is 46.1 Å². The van der Waals surface area contributed by atoms with Crippen LogP contribution in [0.3, 0.4) is 0 Å². The maximum Gasteiger partial charge on any atom is 0.212 e. The zero-order valence-corrected chi connectivity index (χ0v) is 8.99. The maximum atomic E-state index is 3.69. The normalized spacial score (nSPS) is 11.7. The van der Waals surface area contributed by atoms with E-state index in [-0.39, 0.29) is 0 Å². The molecule has 0 amide bonds. The summed E-state index contributed by atoms with van der Waals surface area (Å²) in [5, 5.41) is 0. The van der Waals surface area contributed by atoms with E-state index in [9.17, 15) is 0 Å². The monoisotopic (exact) mass is 157 g/mol. The van der Waals surface area contributed by atoms with Crippen LogP contribution in [0.25, 0.3) is 0 Å². The summed E-state index contributed by atoms with van der Waals surface area (Å²) in [6, 6.07) is 0. The molecule has 0 bridgehead atoms. The van der Waals surface area contributed by atoms with E-state index in [1.807, 2.05) is 0 Å². The lowest BCUT2D eigenvalue weighted by Gasteiger charge is -2.22. The molecule has 0 radical (unpaired) electrons. The zero-order valence-electron chi connectivity index (χ0n) is 7.99. The number of hydrogen-bond donors (Lipinski definition) is 1. The third kappa shape index (κ3) is 5.06. The van der Waals surface area contributed by atoms with Crippen molar-refractivity contribution in [3.63, 3.8) is 0 Å². The standard InChI is InChI=1S/C7H20BNSi/c1-6-8(7-2)9-10(3,4)5/h9H,6-7H2,1-5H3. The van der Waals surface area contributed by atoms with Crippen molar-refractivity contribution >= 4 is 15.1 Å². The Morgan fingerprint density at radius 2 is 1.50 bits per heavy atom. The van der Waals surface area contributed by atoms with Crippen molar-refractivity contribution in [1.82, 2.24) is 4.89 Å². The van der Waals surface area contributed by atoms with Crippen molar-refractivity contribution in [3.05, 3.63) is 0 Å². The molecule has 3 heteroatoms. The SMILES string of the molecule is CCB(CC)N[Si](C)(C)C. The second kappa shape index (κ2) is 4.19. The van der Waals surface area contributed by atoms with E-state index in [1.165, 1.54) is 12.6 Å². The van der Waals surface area contributed by atoms with Gasteiger partial charge in [-0.1, -0.05) is 46.1 Å². The molecule has 0 spiro atoms. The summed E-state index contributed by atoms with van der Waals surface area (Å²) in [4.78, 5) is 3.69. The summed E-state index contributed by atoms with van der Waals surface area (Å²) in [7, 11) is -1.01. The predicted octanol–water partition coefficient (Wildman–Crippen LogP) is 2.44. The Morgan fingerprint density at radius 3 is 1.60 bits per heavy atom. The average Bonchev–Trinajstić information content (AvgIpc) is 1.81. The van der Waals surface area contributed by atoms with Gasteiger partial charge in [-0.2, -0.15) is 0 Å². The molecule has 10 heavy (non-hydrogen) atoms. The lowest BCUT2D eigenvalue weighted by atomic mass is 9.59. The van der Waals surface area contributed by atoms with Crippen molar-refractivity contribution < 1.29 is 0 Å². The molecular weight excluding hydrogens is 137 g/mol. The van der Waals surface area contributed by atoms with Crippen LogP contribution in [0.1, 0.15) is 13.8 Å². The van der Waals surface area contributed by atoms with Crippen molar-refractivity contribution in [3.8, 4) is 0 Å². The molecule has 0 aliphatic heterocycles. The van der Waals surface area contributed by atoms with Gasteiger partial charge >= 0.3 is 0 Å². The van der Waals surface area contributed by atoms with Crippen LogP contribution in [-0.4, -0.2) is 15.1 Å². The summed E-state index contributed by atoms with van der Waals surface area (Å²) in [6.07, 6.45) is 2.53. The smallest absolute Gasteiger partial charge is 0.212 e. The first-order chi connectivity index (χ1) is 4.49. The Kier molecular flexibility index (Phi) is 4.29. The Balaban J connectivity index is 3.63. The van der Waals surface area contributed by atoms with Crippen LogP contribution in [0.4, 0.5) is 0 Å². The summed E-state index contributed by atoms with van der Waals surface area (Å²) in [6.45, 7) is 12.3. The molecule has 0 aromatic carbocycles. The van der Waals surface area contributed by atoms with E-state index in [1.54, 1.807) is 0 Å². The Labute approximate surface area is 66.8 Å². The van der Waals surface area contributed by atoms with Crippen molar-refractivity contribution in [1.29, 1.82) is 0 Å². The molecular formula is C7H20BNSi. The minimum Gasteiger partial charge on any atom is -0.379 e. The molecule has 1 nitrogen and oxygen atoms in total. The molecule has 0 aliphatic carbocycles. The van der Waals surface area contributed by atoms with E-state index in [4.69, 9.17) is 0 Å². The molecule has 0 saturated heterocycles. The topological polar surface area (TPSA) is 12.0 Å². The molecule has 0 heterocycles. The Morgan fingerprint density at radius 1 is 1.10 bits per heavy atom. The Hall–Kier alpha value is 0.242. The second-order valence-corrected chi connectivity index (χ2v) is 8.70. The first-order valence-corrected chi connectivity index (χ1v) is 7.77. The number of rotatable bonds is 4. The van der Waals surface area contributed by atoms with Gasteiger partial charge in [0.1, 0.15) is 8.24 Å². The molecule has 0 rings (SSSR count). The molecule has 0 atom stereocenters. The third-order valence-electron chi connectivity index (χ3n) is 1.62. The largest absolute Gasteiger partial charge is 0.379 e. The van der Waals surface area contributed by atoms with Crippen LogP contribution in [-0.2, 0) is 0 Å². The van der Waals surface area contributed by atoms with Gasteiger partial charge in [-0.25, -0.2) is 0 Å². The van der Waals surface area contributed by atoms with E-state index in [2.05, 4.69) is 38.4 Å². The second-order valence-electron chi connectivity index (χ2n) is 3.91. The maximum absolute atomic E-state index is 3.69. The van der Waals surface area contributed by atoms with E-state index >= 15 is 0 Å². The zero-order chi connectivity index (χ0) is 8.20. The van der Waals surface area contributed by atoms with E-state index < -0.39 is 8.24 Å². The number of hydrogen-bond acceptors (Lipinski definition) is 1. The van der Waals surface area contributed by atoms with Crippen molar-refractivity contribution in [2.24, 2.45) is 0 Å². The van der Waals surface area contributed by atoms with Crippen LogP contribution < -0.4 is 4.89 Å². The predicted molar refractivity (Wildman–Crippen MR) is 53.2 cm³/mol. The minimum atomic E-state index is -1.01. The van der Waals surface area contributed by atoms with Gasteiger partial charge in [0.05, 0.1) is 0 Å². The molecule has 1 N–H and O–H groups in total. The Bertz CT molecular complexity index is 86.1. The van der Waals surface area contributed by atoms with Gasteiger partial charge < -0.3 is 4.89 Å². The van der Waals surface area contributed by atoms with Crippen LogP contribution in [0, 0.1) is 0 Å². The van der Waals surface area contributed by atoms with Crippen molar-refractivity contribution in [2.75, 3.05) is 0 Å². The molecule has 0 aromatic rings. The lowest BCUT2D eigenvalue weighted by molar-refractivity contribution is 1.21. The summed E-state index contributed by atoms with van der Waals surface area (Å²) in [5.74, 6) is 0. The highest BCUT2D eigenvalue weighted by Gasteiger charge is 2.18. The fourth-order valence-corrected chi connectivity index (χ4v) is 2.74. The fraction of sp³-hybridized carbons (Fsp3) is 1.00. The quantitative estimate of drug-likeness (QED) is 0.618. The lowest BCUT2D eigenvalue weighted by Crippen LogP contribution is -2.49. The summed E-state index contributed by atoms with van der Waals surface area (Å²) in [5.41, 5.74) is 0. The third-order valence-corrected chi connectivity index (χ3v) is 2.90. The van der Waals surface area contributed by atoms with Gasteiger partial charge in [0, 0.05) is 0 Å². The molecule has 0 aromatic heterocycles. The van der Waals surface area contributed by atoms with E-state index in [0.29, 0.717) is 0 Å². The number of nitrogens with one attached hydrogen (secondary N) is 1. The molecule has 0 aliphatic rings. The van der Waals surface area contributed by atoms with Crippen LogP contribution >= 0.6 is 0 Å². The molecule has 60 valence electrons. The fourth-order valence-electron chi connectivity index (χ4n) is 1.11. The van der Waals surface area contributed by atoms with Crippen LogP contribution in [0.5, 0.6) is 0 Å². The molecule has 0 saturated carbocycles. The van der Waals surface area contributed by atoms with Crippen LogP contribution in [0.2, 0.25) is 32.3 Å². The van der Waals surface area contributed by atoms with E-state index in [0.717, 1.165) is 6.85 Å². The van der Waals surface area contributed by atoms with Gasteiger partial charge in [-0.15, -0.1) is 0 Å². The summed E-state index contributed by atoms with van der Waals surface area (Å²) >= 11 is 0. The summed E-state index contributed by atoms with van der Waals surface area (Å²) < 4.78 is 0. The van der Waals surface area contributed by atoms with Gasteiger partial charge in [0.25, 0.3) is 0 Å². The first-order valence-electron chi connectivity index (χ1n) is 4.27. The van der Waals surface area contributed by atoms with Crippen LogP contribution in [0.15, 0.2) is 0 Å². The van der Waals surface area contributed by atoms with Gasteiger partial charge in [0.15, 0.2) is 0 Å². The van der Waals surface area contributed by atoms with Gasteiger partial charge in [-0.05, 0) is 0 Å². The highest BCUT2D eigenvalue weighted by atomic mass is 28.3. The average molecular weight is 157 g/mol. The minimum absolute atomic E-state index is 0.756. The molecule has 0 unspecified atom stereocenters. The molecule has 0 fully saturated rings. The first kappa shape index (κ1) is 10.2.